The molecular weight excluding hydrogens is 176 g/mol. The van der Waals surface area contributed by atoms with Gasteiger partial charge in [-0.2, -0.15) is 0 Å². The van der Waals surface area contributed by atoms with Crippen LogP contribution in [0.4, 0.5) is 0 Å². The molecule has 0 heterocycles. The third kappa shape index (κ3) is 3.42. The molecule has 0 N–H and O–H groups in total. The first-order chi connectivity index (χ1) is 5.91. The Morgan fingerprint density at radius 2 is 1.54 bits per heavy atom. The minimum atomic E-state index is 0.728. The standard InChI is InChI=1S/C10H24N2Si/c1-7-8(2)9(13)10(11(3)4)12(5)6/h8H,7H2,1-6,13H3. The lowest BCUT2D eigenvalue weighted by Gasteiger charge is -2.29. The minimum Gasteiger partial charge on any atom is -0.365 e. The number of allylic oxidation sites excluding steroid dienone is 1. The molecule has 1 unspecified atom stereocenters. The van der Waals surface area contributed by atoms with Crippen LogP contribution in [0.3, 0.4) is 0 Å². The Hall–Kier alpha value is -0.443. The summed E-state index contributed by atoms with van der Waals surface area (Å²) in [7, 11) is 9.64. The molecule has 0 aromatic rings. The zero-order valence-corrected chi connectivity index (χ0v) is 12.2. The van der Waals surface area contributed by atoms with Crippen molar-refractivity contribution in [3.8, 4) is 0 Å². The van der Waals surface area contributed by atoms with E-state index in [0.717, 1.165) is 16.2 Å². The molecule has 13 heavy (non-hydrogen) atoms. The Labute approximate surface area is 86.0 Å². The van der Waals surface area contributed by atoms with Gasteiger partial charge in [0.1, 0.15) is 0 Å². The summed E-state index contributed by atoms with van der Waals surface area (Å²) in [4.78, 5) is 4.43. The average molecular weight is 200 g/mol. The van der Waals surface area contributed by atoms with E-state index in [1.54, 1.807) is 5.20 Å². The fourth-order valence-corrected chi connectivity index (χ4v) is 2.93. The molecule has 0 amide bonds. The van der Waals surface area contributed by atoms with Crippen molar-refractivity contribution < 1.29 is 0 Å². The first kappa shape index (κ1) is 12.6. The van der Waals surface area contributed by atoms with E-state index in [0.29, 0.717) is 0 Å². The highest BCUT2D eigenvalue weighted by Gasteiger charge is 2.11. The average Bonchev–Trinajstić information content (AvgIpc) is 2.01. The van der Waals surface area contributed by atoms with Crippen LogP contribution in [0.15, 0.2) is 11.0 Å². The Morgan fingerprint density at radius 3 is 1.77 bits per heavy atom. The van der Waals surface area contributed by atoms with Crippen LogP contribution in [0.25, 0.3) is 0 Å². The van der Waals surface area contributed by atoms with Gasteiger partial charge in [-0.15, -0.1) is 0 Å². The van der Waals surface area contributed by atoms with Gasteiger partial charge in [0.05, 0.1) is 5.82 Å². The quantitative estimate of drug-likeness (QED) is 0.616. The van der Waals surface area contributed by atoms with E-state index in [2.05, 4.69) is 51.8 Å². The van der Waals surface area contributed by atoms with Gasteiger partial charge in [0, 0.05) is 38.4 Å². The Morgan fingerprint density at radius 1 is 1.15 bits per heavy atom. The second kappa shape index (κ2) is 5.32. The first-order valence-corrected chi connectivity index (χ1v) is 5.97. The number of rotatable bonds is 4. The van der Waals surface area contributed by atoms with E-state index in [4.69, 9.17) is 0 Å². The lowest BCUT2D eigenvalue weighted by Crippen LogP contribution is -2.28. The zero-order valence-electron chi connectivity index (χ0n) is 10.2. The van der Waals surface area contributed by atoms with E-state index >= 15 is 0 Å². The molecule has 0 radical (unpaired) electrons. The maximum atomic E-state index is 2.31. The lowest BCUT2D eigenvalue weighted by atomic mass is 10.1. The van der Waals surface area contributed by atoms with Crippen molar-refractivity contribution in [3.63, 3.8) is 0 Å². The smallest absolute Gasteiger partial charge is 0.0972 e. The number of nitrogens with zero attached hydrogens (tertiary/aromatic N) is 2. The summed E-state index contributed by atoms with van der Waals surface area (Å²) in [5.41, 5.74) is 0. The highest BCUT2D eigenvalue weighted by molar-refractivity contribution is 6.22. The molecule has 0 saturated carbocycles. The first-order valence-electron chi connectivity index (χ1n) is 4.97. The van der Waals surface area contributed by atoms with Crippen molar-refractivity contribution in [3.05, 3.63) is 11.0 Å². The van der Waals surface area contributed by atoms with E-state index in [1.165, 1.54) is 12.2 Å². The number of hydrogen-bond acceptors (Lipinski definition) is 2. The molecule has 0 aromatic carbocycles. The van der Waals surface area contributed by atoms with Crippen LogP contribution in [0.1, 0.15) is 20.3 Å². The van der Waals surface area contributed by atoms with Gasteiger partial charge in [-0.1, -0.05) is 20.3 Å². The van der Waals surface area contributed by atoms with Crippen molar-refractivity contribution in [2.45, 2.75) is 20.3 Å². The van der Waals surface area contributed by atoms with Gasteiger partial charge in [-0.3, -0.25) is 0 Å². The molecule has 78 valence electrons. The Kier molecular flexibility index (Phi) is 5.14. The van der Waals surface area contributed by atoms with Gasteiger partial charge in [-0.05, 0) is 11.1 Å². The summed E-state index contributed by atoms with van der Waals surface area (Å²) in [6.45, 7) is 4.57. The van der Waals surface area contributed by atoms with Crippen LogP contribution in [0.2, 0.25) is 0 Å². The second-order valence-corrected chi connectivity index (χ2v) is 5.18. The molecule has 2 nitrogen and oxygen atoms in total. The van der Waals surface area contributed by atoms with Crippen LogP contribution >= 0.6 is 0 Å². The largest absolute Gasteiger partial charge is 0.365 e. The number of hydrogen-bond donors (Lipinski definition) is 0. The monoisotopic (exact) mass is 200 g/mol. The molecule has 0 aliphatic carbocycles. The minimum absolute atomic E-state index is 0.728. The second-order valence-electron chi connectivity index (χ2n) is 4.10. The van der Waals surface area contributed by atoms with Gasteiger partial charge in [-0.25, -0.2) is 0 Å². The van der Waals surface area contributed by atoms with Gasteiger partial charge >= 0.3 is 0 Å². The van der Waals surface area contributed by atoms with E-state index in [1.807, 2.05) is 0 Å². The van der Waals surface area contributed by atoms with Gasteiger partial charge in [0.25, 0.3) is 0 Å². The van der Waals surface area contributed by atoms with Crippen molar-refractivity contribution in [1.82, 2.24) is 9.80 Å². The molecule has 0 bridgehead atoms. The molecular formula is C10H24N2Si. The molecule has 1 atom stereocenters. The molecule has 0 aliphatic heterocycles. The molecule has 0 rings (SSSR count). The predicted molar refractivity (Wildman–Crippen MR) is 63.8 cm³/mol. The molecule has 0 saturated heterocycles. The summed E-state index contributed by atoms with van der Waals surface area (Å²) in [6, 6.07) is 0. The molecule has 0 fully saturated rings. The molecule has 0 aromatic heterocycles. The van der Waals surface area contributed by atoms with Crippen LogP contribution < -0.4 is 0 Å². The molecule has 0 spiro atoms. The lowest BCUT2D eigenvalue weighted by molar-refractivity contribution is 0.333. The zero-order chi connectivity index (χ0) is 10.6. The maximum Gasteiger partial charge on any atom is 0.0972 e. The van der Waals surface area contributed by atoms with Crippen LogP contribution in [0, 0.1) is 5.92 Å². The topological polar surface area (TPSA) is 6.48 Å². The van der Waals surface area contributed by atoms with E-state index in [-0.39, 0.29) is 0 Å². The summed E-state index contributed by atoms with van der Waals surface area (Å²) in [6.07, 6.45) is 1.24. The normalized spacial score (nSPS) is 12.5. The Bertz CT molecular complexity index is 175. The maximum absolute atomic E-state index is 2.31. The van der Waals surface area contributed by atoms with Crippen molar-refractivity contribution in [1.29, 1.82) is 0 Å². The molecule has 3 heteroatoms. The van der Waals surface area contributed by atoms with Crippen LogP contribution in [-0.4, -0.2) is 48.2 Å². The summed E-state index contributed by atoms with van der Waals surface area (Å²) < 4.78 is 0. The summed E-state index contributed by atoms with van der Waals surface area (Å²) >= 11 is 0. The van der Waals surface area contributed by atoms with Crippen LogP contribution in [-0.2, 0) is 0 Å². The third-order valence-corrected chi connectivity index (χ3v) is 3.98. The predicted octanol–water partition coefficient (Wildman–Crippen LogP) is 0.690. The fourth-order valence-electron chi connectivity index (χ4n) is 1.63. The van der Waals surface area contributed by atoms with Gasteiger partial charge in [0.2, 0.25) is 0 Å². The van der Waals surface area contributed by atoms with Crippen molar-refractivity contribution in [2.75, 3.05) is 28.2 Å². The summed E-state index contributed by atoms with van der Waals surface area (Å²) in [5, 5.41) is 1.61. The Balaban J connectivity index is 4.85. The van der Waals surface area contributed by atoms with Crippen LogP contribution in [0.5, 0.6) is 0 Å². The van der Waals surface area contributed by atoms with E-state index < -0.39 is 0 Å². The van der Waals surface area contributed by atoms with Gasteiger partial charge in [0.15, 0.2) is 0 Å². The van der Waals surface area contributed by atoms with E-state index in [9.17, 15) is 0 Å². The van der Waals surface area contributed by atoms with Gasteiger partial charge < -0.3 is 9.80 Å². The highest BCUT2D eigenvalue weighted by Crippen LogP contribution is 2.17. The summed E-state index contributed by atoms with van der Waals surface area (Å²) in [5.74, 6) is 2.12. The third-order valence-electron chi connectivity index (χ3n) is 2.55. The molecule has 0 aliphatic rings. The van der Waals surface area contributed by atoms with Crippen molar-refractivity contribution >= 4 is 10.2 Å². The highest BCUT2D eigenvalue weighted by atomic mass is 28.1. The fraction of sp³-hybridized carbons (Fsp3) is 0.800. The SMILES string of the molecule is CCC(C)C([SiH3])=C(N(C)C)N(C)C. The van der Waals surface area contributed by atoms with Crippen molar-refractivity contribution in [2.24, 2.45) is 5.92 Å².